The highest BCUT2D eigenvalue weighted by atomic mass is 19.3. The van der Waals surface area contributed by atoms with E-state index in [0.717, 1.165) is 12.1 Å². The van der Waals surface area contributed by atoms with Crippen LogP contribution in [0.5, 0.6) is 11.5 Å². The number of nitrogens with one attached hydrogen (secondary N) is 1. The maximum atomic E-state index is 12.2. The number of halogens is 2. The molecule has 0 spiro atoms. The molecule has 0 aliphatic rings. The second-order valence-corrected chi connectivity index (χ2v) is 5.32. The van der Waals surface area contributed by atoms with Gasteiger partial charge in [0, 0.05) is 12.1 Å². The van der Waals surface area contributed by atoms with Gasteiger partial charge in [0.05, 0.1) is 7.11 Å². The Kier molecular flexibility index (Phi) is 5.95. The molecule has 1 rings (SSSR count). The van der Waals surface area contributed by atoms with E-state index in [0.29, 0.717) is 0 Å². The summed E-state index contributed by atoms with van der Waals surface area (Å²) in [7, 11) is 1.42. The molecule has 0 aliphatic heterocycles. The van der Waals surface area contributed by atoms with E-state index in [4.69, 9.17) is 4.74 Å². The lowest BCUT2D eigenvalue weighted by molar-refractivity contribution is -0.0512. The zero-order valence-electron chi connectivity index (χ0n) is 12.2. The predicted octanol–water partition coefficient (Wildman–Crippen LogP) is 3.70. The highest BCUT2D eigenvalue weighted by Crippen LogP contribution is 2.29. The number of rotatable bonds is 6. The van der Waals surface area contributed by atoms with E-state index < -0.39 is 6.61 Å². The largest absolute Gasteiger partial charge is 0.493 e. The Labute approximate surface area is 118 Å². The van der Waals surface area contributed by atoms with E-state index in [9.17, 15) is 8.78 Å². The molecule has 5 heteroatoms. The number of hydrogen-bond donors (Lipinski definition) is 1. The number of ether oxygens (including phenoxy) is 2. The summed E-state index contributed by atoms with van der Waals surface area (Å²) in [6, 6.07) is 4.83. The van der Waals surface area contributed by atoms with Crippen LogP contribution in [0.15, 0.2) is 24.3 Å². The van der Waals surface area contributed by atoms with Crippen LogP contribution in [0.3, 0.4) is 0 Å². The van der Waals surface area contributed by atoms with Gasteiger partial charge in [-0.2, -0.15) is 8.78 Å². The summed E-state index contributed by atoms with van der Waals surface area (Å²) in [6.07, 6.45) is 3.86. The zero-order valence-corrected chi connectivity index (χ0v) is 12.2. The lowest BCUT2D eigenvalue weighted by Gasteiger charge is -2.18. The van der Waals surface area contributed by atoms with E-state index in [1.165, 1.54) is 13.2 Å². The van der Waals surface area contributed by atoms with Crippen molar-refractivity contribution in [3.63, 3.8) is 0 Å². The van der Waals surface area contributed by atoms with Crippen molar-refractivity contribution in [1.82, 2.24) is 5.32 Å². The van der Waals surface area contributed by atoms with Gasteiger partial charge in [0.2, 0.25) is 0 Å². The van der Waals surface area contributed by atoms with Crippen molar-refractivity contribution in [1.29, 1.82) is 0 Å². The molecule has 0 aromatic heterocycles. The van der Waals surface area contributed by atoms with Gasteiger partial charge >= 0.3 is 6.61 Å². The topological polar surface area (TPSA) is 30.5 Å². The smallest absolute Gasteiger partial charge is 0.387 e. The number of hydrogen-bond acceptors (Lipinski definition) is 3. The lowest BCUT2D eigenvalue weighted by atomic mass is 10.1. The molecular weight excluding hydrogens is 264 g/mol. The fourth-order valence-corrected chi connectivity index (χ4v) is 1.54. The van der Waals surface area contributed by atoms with Gasteiger partial charge in [-0.1, -0.05) is 18.2 Å². The third-order valence-electron chi connectivity index (χ3n) is 2.46. The molecule has 0 saturated heterocycles. The Balaban J connectivity index is 2.70. The van der Waals surface area contributed by atoms with E-state index >= 15 is 0 Å². The van der Waals surface area contributed by atoms with Gasteiger partial charge in [0.1, 0.15) is 0 Å². The lowest BCUT2D eigenvalue weighted by Crippen LogP contribution is -2.35. The molecule has 0 amide bonds. The molecule has 112 valence electrons. The fraction of sp³-hybridized carbons (Fsp3) is 0.467. The van der Waals surface area contributed by atoms with Crippen LogP contribution in [0, 0.1) is 0 Å². The summed E-state index contributed by atoms with van der Waals surface area (Å²) in [5.74, 6) is 0.323. The summed E-state index contributed by atoms with van der Waals surface area (Å²) in [6.45, 7) is 4.11. The summed E-state index contributed by atoms with van der Waals surface area (Å²) < 4.78 is 33.8. The van der Waals surface area contributed by atoms with E-state index in [2.05, 4.69) is 30.8 Å². The molecule has 0 atom stereocenters. The Morgan fingerprint density at radius 2 is 1.95 bits per heavy atom. The fourth-order valence-electron chi connectivity index (χ4n) is 1.54. The van der Waals surface area contributed by atoms with Gasteiger partial charge in [-0.3, -0.25) is 0 Å². The van der Waals surface area contributed by atoms with Gasteiger partial charge < -0.3 is 14.8 Å². The monoisotopic (exact) mass is 285 g/mol. The molecular formula is C15H21F2NO2. The van der Waals surface area contributed by atoms with Crippen molar-refractivity contribution in [2.75, 3.05) is 13.7 Å². The van der Waals surface area contributed by atoms with Gasteiger partial charge in [-0.05, 0) is 38.5 Å². The molecule has 0 aliphatic carbocycles. The third-order valence-corrected chi connectivity index (χ3v) is 2.46. The molecule has 0 unspecified atom stereocenters. The molecule has 0 bridgehead atoms. The highest BCUT2D eigenvalue weighted by Gasteiger charge is 2.10. The average molecular weight is 285 g/mol. The molecule has 1 N–H and O–H groups in total. The third kappa shape index (κ3) is 6.02. The molecule has 0 radical (unpaired) electrons. The van der Waals surface area contributed by atoms with Gasteiger partial charge in [0.25, 0.3) is 0 Å². The van der Waals surface area contributed by atoms with Crippen LogP contribution in [0.25, 0.3) is 6.08 Å². The van der Waals surface area contributed by atoms with E-state index in [1.807, 2.05) is 12.2 Å². The van der Waals surface area contributed by atoms with Crippen molar-refractivity contribution >= 4 is 6.08 Å². The van der Waals surface area contributed by atoms with Crippen molar-refractivity contribution in [3.8, 4) is 11.5 Å². The second kappa shape index (κ2) is 7.24. The second-order valence-electron chi connectivity index (χ2n) is 5.32. The maximum Gasteiger partial charge on any atom is 0.387 e. The Bertz CT molecular complexity index is 454. The summed E-state index contributed by atoms with van der Waals surface area (Å²) in [5, 5.41) is 3.32. The first kappa shape index (κ1) is 16.4. The minimum atomic E-state index is -2.86. The molecule has 0 fully saturated rings. The first-order valence-corrected chi connectivity index (χ1v) is 6.36. The summed E-state index contributed by atoms with van der Waals surface area (Å²) >= 11 is 0. The number of benzene rings is 1. The van der Waals surface area contributed by atoms with Crippen LogP contribution >= 0.6 is 0 Å². The molecule has 20 heavy (non-hydrogen) atoms. The Morgan fingerprint density at radius 1 is 1.25 bits per heavy atom. The number of methoxy groups -OCH3 is 1. The summed E-state index contributed by atoms with van der Waals surface area (Å²) in [5.41, 5.74) is 0.913. The Hall–Kier alpha value is -1.62. The van der Waals surface area contributed by atoms with Gasteiger partial charge in [-0.15, -0.1) is 0 Å². The van der Waals surface area contributed by atoms with Crippen LogP contribution in [-0.2, 0) is 0 Å². The molecule has 0 saturated carbocycles. The average Bonchev–Trinajstić information content (AvgIpc) is 2.34. The minimum absolute atomic E-state index is 0.0347. The van der Waals surface area contributed by atoms with Crippen molar-refractivity contribution in [2.45, 2.75) is 32.9 Å². The van der Waals surface area contributed by atoms with Crippen molar-refractivity contribution in [3.05, 3.63) is 29.8 Å². The van der Waals surface area contributed by atoms with Crippen molar-refractivity contribution < 1.29 is 18.3 Å². The molecule has 1 aromatic carbocycles. The van der Waals surface area contributed by atoms with Crippen LogP contribution < -0.4 is 14.8 Å². The first-order chi connectivity index (χ1) is 9.31. The first-order valence-electron chi connectivity index (χ1n) is 6.36. The molecule has 1 aromatic rings. The SMILES string of the molecule is COc1cc(C=CCNC(C)(C)C)ccc1OC(F)F. The van der Waals surface area contributed by atoms with E-state index in [-0.39, 0.29) is 17.0 Å². The van der Waals surface area contributed by atoms with Crippen LogP contribution in [0.1, 0.15) is 26.3 Å². The minimum Gasteiger partial charge on any atom is -0.493 e. The van der Waals surface area contributed by atoms with Crippen molar-refractivity contribution in [2.24, 2.45) is 0 Å². The highest BCUT2D eigenvalue weighted by molar-refractivity contribution is 5.56. The van der Waals surface area contributed by atoms with Gasteiger partial charge in [0.15, 0.2) is 11.5 Å². The zero-order chi connectivity index (χ0) is 15.2. The standard InChI is InChI=1S/C15H21F2NO2/c1-15(2,3)18-9-5-6-11-7-8-12(20-14(16)17)13(10-11)19-4/h5-8,10,14,18H,9H2,1-4H3. The van der Waals surface area contributed by atoms with E-state index in [1.54, 1.807) is 12.1 Å². The maximum absolute atomic E-state index is 12.2. The molecule has 0 heterocycles. The Morgan fingerprint density at radius 3 is 2.50 bits per heavy atom. The quantitative estimate of drug-likeness (QED) is 0.864. The normalized spacial score (nSPS) is 12.2. The predicted molar refractivity (Wildman–Crippen MR) is 76.4 cm³/mol. The van der Waals surface area contributed by atoms with Crippen LogP contribution in [0.2, 0.25) is 0 Å². The van der Waals surface area contributed by atoms with Crippen LogP contribution in [0.4, 0.5) is 8.78 Å². The summed E-state index contributed by atoms with van der Waals surface area (Å²) in [4.78, 5) is 0. The van der Waals surface area contributed by atoms with Gasteiger partial charge in [-0.25, -0.2) is 0 Å². The molecule has 3 nitrogen and oxygen atoms in total. The van der Waals surface area contributed by atoms with Crippen LogP contribution in [-0.4, -0.2) is 25.8 Å². The number of alkyl halides is 2.